The van der Waals surface area contributed by atoms with Crippen molar-refractivity contribution in [1.29, 1.82) is 0 Å². The Morgan fingerprint density at radius 1 is 1.21 bits per heavy atom. The normalized spacial score (nSPS) is 15.1. The van der Waals surface area contributed by atoms with Gasteiger partial charge in [0, 0.05) is 41.7 Å². The van der Waals surface area contributed by atoms with Crippen molar-refractivity contribution in [3.63, 3.8) is 0 Å². The molecule has 0 bridgehead atoms. The summed E-state index contributed by atoms with van der Waals surface area (Å²) in [7, 11) is 0. The molecule has 24 heavy (non-hydrogen) atoms. The van der Waals surface area contributed by atoms with Gasteiger partial charge in [-0.15, -0.1) is 0 Å². The highest BCUT2D eigenvalue weighted by atomic mass is 79.9. The molecule has 3 rings (SSSR count). The van der Waals surface area contributed by atoms with Crippen LogP contribution in [-0.2, 0) is 16.8 Å². The zero-order chi connectivity index (χ0) is 17.2. The van der Waals surface area contributed by atoms with E-state index >= 15 is 0 Å². The lowest BCUT2D eigenvalue weighted by Crippen LogP contribution is -2.33. The van der Waals surface area contributed by atoms with Crippen LogP contribution in [0, 0.1) is 5.82 Å². The lowest BCUT2D eigenvalue weighted by Gasteiger charge is -2.17. The van der Waals surface area contributed by atoms with Gasteiger partial charge in [0.2, 0.25) is 5.91 Å². The van der Waals surface area contributed by atoms with Crippen LogP contribution >= 0.6 is 15.9 Å². The van der Waals surface area contributed by atoms with Crippen molar-refractivity contribution in [2.45, 2.75) is 31.2 Å². The molecule has 0 radical (unpaired) electrons. The Hall–Kier alpha value is -1.95. The SMILES string of the molecule is O=C(CCn1cc(Br)ccc1=O)NCC1(c2ccc(F)cc2)CC1. The van der Waals surface area contributed by atoms with Crippen LogP contribution in [-0.4, -0.2) is 17.0 Å². The average molecular weight is 393 g/mol. The van der Waals surface area contributed by atoms with Gasteiger partial charge in [0.1, 0.15) is 5.82 Å². The summed E-state index contributed by atoms with van der Waals surface area (Å²) in [5.74, 6) is -0.340. The molecule has 1 fully saturated rings. The molecule has 1 amide bonds. The lowest BCUT2D eigenvalue weighted by atomic mass is 9.96. The van der Waals surface area contributed by atoms with Gasteiger partial charge in [0.15, 0.2) is 0 Å². The Bertz CT molecular complexity index is 797. The summed E-state index contributed by atoms with van der Waals surface area (Å²) in [6.45, 7) is 0.887. The number of carbonyl (C=O) groups is 1. The predicted octanol–water partition coefficient (Wildman–Crippen LogP) is 2.99. The molecule has 0 atom stereocenters. The van der Waals surface area contributed by atoms with E-state index in [0.29, 0.717) is 13.1 Å². The zero-order valence-electron chi connectivity index (χ0n) is 13.1. The maximum absolute atomic E-state index is 13.0. The molecule has 0 unspecified atom stereocenters. The smallest absolute Gasteiger partial charge is 0.250 e. The minimum atomic E-state index is -0.252. The minimum absolute atomic E-state index is 0.0596. The standard InChI is InChI=1S/C18H18BrFN2O2/c19-14-3-6-17(24)22(11-14)10-7-16(23)21-12-18(8-9-18)13-1-4-15(20)5-2-13/h1-6,11H,7-10,12H2,(H,21,23). The van der Waals surface area contributed by atoms with Crippen LogP contribution in [0.2, 0.25) is 0 Å². The molecule has 1 saturated carbocycles. The van der Waals surface area contributed by atoms with Gasteiger partial charge in [-0.3, -0.25) is 9.59 Å². The Morgan fingerprint density at radius 2 is 1.92 bits per heavy atom. The summed E-state index contributed by atoms with van der Waals surface area (Å²) < 4.78 is 15.3. The van der Waals surface area contributed by atoms with E-state index in [2.05, 4.69) is 21.2 Å². The summed E-state index contributed by atoms with van der Waals surface area (Å²) in [4.78, 5) is 23.8. The lowest BCUT2D eigenvalue weighted by molar-refractivity contribution is -0.121. The zero-order valence-corrected chi connectivity index (χ0v) is 14.7. The highest BCUT2D eigenvalue weighted by molar-refractivity contribution is 9.10. The van der Waals surface area contributed by atoms with E-state index in [4.69, 9.17) is 0 Å². The number of pyridine rings is 1. The largest absolute Gasteiger partial charge is 0.355 e. The maximum Gasteiger partial charge on any atom is 0.250 e. The van der Waals surface area contributed by atoms with Gasteiger partial charge < -0.3 is 9.88 Å². The fraction of sp³-hybridized carbons (Fsp3) is 0.333. The fourth-order valence-electron chi connectivity index (χ4n) is 2.78. The van der Waals surface area contributed by atoms with Crippen molar-refractivity contribution in [2.24, 2.45) is 0 Å². The highest BCUT2D eigenvalue weighted by Crippen LogP contribution is 2.47. The molecule has 1 N–H and O–H groups in total. The second-order valence-electron chi connectivity index (χ2n) is 6.19. The molecule has 1 aromatic heterocycles. The molecule has 6 heteroatoms. The van der Waals surface area contributed by atoms with E-state index in [1.54, 1.807) is 24.4 Å². The molecule has 1 aromatic carbocycles. The third-order valence-corrected chi connectivity index (χ3v) is 4.93. The first kappa shape index (κ1) is 16.9. The number of rotatable bonds is 6. The van der Waals surface area contributed by atoms with Crippen LogP contribution in [0.25, 0.3) is 0 Å². The second kappa shape index (κ2) is 6.89. The third kappa shape index (κ3) is 3.93. The van der Waals surface area contributed by atoms with Crippen molar-refractivity contribution < 1.29 is 9.18 Å². The van der Waals surface area contributed by atoms with Crippen molar-refractivity contribution >= 4 is 21.8 Å². The number of aromatic nitrogens is 1. The molecule has 1 aliphatic carbocycles. The Balaban J connectivity index is 1.53. The van der Waals surface area contributed by atoms with E-state index in [1.807, 2.05) is 0 Å². The monoisotopic (exact) mass is 392 g/mol. The molecule has 4 nitrogen and oxygen atoms in total. The van der Waals surface area contributed by atoms with E-state index in [0.717, 1.165) is 22.9 Å². The topological polar surface area (TPSA) is 51.1 Å². The number of nitrogens with zero attached hydrogens (tertiary/aromatic N) is 1. The summed E-state index contributed by atoms with van der Waals surface area (Å²) in [5, 5.41) is 2.94. The van der Waals surface area contributed by atoms with Crippen LogP contribution in [0.5, 0.6) is 0 Å². The number of hydrogen-bond acceptors (Lipinski definition) is 2. The van der Waals surface area contributed by atoms with Crippen molar-refractivity contribution in [2.75, 3.05) is 6.54 Å². The molecule has 0 aliphatic heterocycles. The first-order valence-electron chi connectivity index (χ1n) is 7.87. The summed E-state index contributed by atoms with van der Waals surface area (Å²) in [5.41, 5.74) is 0.874. The van der Waals surface area contributed by atoms with Gasteiger partial charge in [-0.25, -0.2) is 4.39 Å². The summed E-state index contributed by atoms with van der Waals surface area (Å²) in [6.07, 6.45) is 3.90. The Labute approximate surface area is 147 Å². The first-order valence-corrected chi connectivity index (χ1v) is 8.67. The van der Waals surface area contributed by atoms with Crippen LogP contribution in [0.15, 0.2) is 51.9 Å². The number of hydrogen-bond donors (Lipinski definition) is 1. The van der Waals surface area contributed by atoms with Gasteiger partial charge >= 0.3 is 0 Å². The Kier molecular flexibility index (Phi) is 4.85. The third-order valence-electron chi connectivity index (χ3n) is 4.46. The molecule has 126 valence electrons. The van der Waals surface area contributed by atoms with E-state index in [-0.39, 0.29) is 29.1 Å². The van der Waals surface area contributed by atoms with Gasteiger partial charge in [0.25, 0.3) is 5.56 Å². The average Bonchev–Trinajstić information content (AvgIpc) is 3.35. The molecule has 0 spiro atoms. The van der Waals surface area contributed by atoms with Crippen molar-refractivity contribution in [3.8, 4) is 0 Å². The van der Waals surface area contributed by atoms with E-state index < -0.39 is 0 Å². The second-order valence-corrected chi connectivity index (χ2v) is 7.11. The molecular weight excluding hydrogens is 375 g/mol. The number of benzene rings is 1. The Morgan fingerprint density at radius 3 is 2.58 bits per heavy atom. The van der Waals surface area contributed by atoms with Crippen molar-refractivity contribution in [3.05, 3.63) is 68.8 Å². The minimum Gasteiger partial charge on any atom is -0.355 e. The maximum atomic E-state index is 13.0. The molecule has 2 aromatic rings. The highest BCUT2D eigenvalue weighted by Gasteiger charge is 2.44. The van der Waals surface area contributed by atoms with Gasteiger partial charge in [0.05, 0.1) is 0 Å². The van der Waals surface area contributed by atoms with Crippen LogP contribution < -0.4 is 10.9 Å². The van der Waals surface area contributed by atoms with Crippen molar-refractivity contribution in [1.82, 2.24) is 9.88 Å². The molecule has 1 aliphatic rings. The number of aryl methyl sites for hydroxylation is 1. The summed E-state index contributed by atoms with van der Waals surface area (Å²) >= 11 is 3.31. The quantitative estimate of drug-likeness (QED) is 0.821. The number of amides is 1. The van der Waals surface area contributed by atoms with Gasteiger partial charge in [-0.05, 0) is 52.5 Å². The van der Waals surface area contributed by atoms with Crippen LogP contribution in [0.3, 0.4) is 0 Å². The number of carbonyl (C=O) groups excluding carboxylic acids is 1. The van der Waals surface area contributed by atoms with Crippen LogP contribution in [0.1, 0.15) is 24.8 Å². The molecular formula is C18H18BrFN2O2. The molecule has 0 saturated heterocycles. The summed E-state index contributed by atoms with van der Waals surface area (Å²) in [6, 6.07) is 9.63. The number of nitrogens with one attached hydrogen (secondary N) is 1. The first-order chi connectivity index (χ1) is 11.5. The molecule has 1 heterocycles. The van der Waals surface area contributed by atoms with E-state index in [9.17, 15) is 14.0 Å². The van der Waals surface area contributed by atoms with Gasteiger partial charge in [-0.1, -0.05) is 12.1 Å². The van der Waals surface area contributed by atoms with Crippen LogP contribution in [0.4, 0.5) is 4.39 Å². The predicted molar refractivity (Wildman–Crippen MR) is 93.3 cm³/mol. The fourth-order valence-corrected chi connectivity index (χ4v) is 3.16. The number of halogens is 2. The van der Waals surface area contributed by atoms with Gasteiger partial charge in [-0.2, -0.15) is 0 Å². The van der Waals surface area contributed by atoms with E-state index in [1.165, 1.54) is 22.8 Å².